The lowest BCUT2D eigenvalue weighted by molar-refractivity contribution is 0.0178. The number of fused-ring (bicyclic) bond motifs is 1. The molecule has 2 aliphatic heterocycles. The minimum Gasteiger partial charge on any atom is -0.444 e. The number of rotatable bonds is 3. The van der Waals surface area contributed by atoms with E-state index >= 15 is 0 Å². The van der Waals surface area contributed by atoms with Gasteiger partial charge in [-0.3, -0.25) is 0 Å². The van der Waals surface area contributed by atoms with Crippen LogP contribution in [-0.2, 0) is 4.74 Å². The Morgan fingerprint density at radius 3 is 2.22 bits per heavy atom. The molecule has 1 aliphatic carbocycles. The second-order valence-corrected chi connectivity index (χ2v) is 8.91. The molecule has 2 heterocycles. The Kier molecular flexibility index (Phi) is 5.19. The maximum absolute atomic E-state index is 12.1. The van der Waals surface area contributed by atoms with Crippen LogP contribution in [0, 0.1) is 17.8 Å². The van der Waals surface area contributed by atoms with Gasteiger partial charge in [-0.1, -0.05) is 6.42 Å². The Balaban J connectivity index is 1.34. The third-order valence-corrected chi connectivity index (χ3v) is 5.92. The maximum atomic E-state index is 12.1. The number of carbonyl (C=O) groups excluding carboxylic acids is 1. The van der Waals surface area contributed by atoms with Crippen molar-refractivity contribution in [1.29, 1.82) is 0 Å². The molecular formula is C19H34N2O2. The van der Waals surface area contributed by atoms with Crippen LogP contribution in [0.25, 0.3) is 0 Å². The van der Waals surface area contributed by atoms with Crippen LogP contribution in [0.1, 0.15) is 59.3 Å². The zero-order chi connectivity index (χ0) is 16.4. The van der Waals surface area contributed by atoms with E-state index in [0.717, 1.165) is 43.7 Å². The van der Waals surface area contributed by atoms with Crippen LogP contribution in [-0.4, -0.2) is 54.2 Å². The molecule has 1 saturated carbocycles. The van der Waals surface area contributed by atoms with E-state index in [1.165, 1.54) is 45.3 Å². The molecule has 23 heavy (non-hydrogen) atoms. The molecule has 0 aromatic heterocycles. The Hall–Kier alpha value is -0.770. The van der Waals surface area contributed by atoms with Crippen molar-refractivity contribution in [3.8, 4) is 0 Å². The molecule has 2 saturated heterocycles. The van der Waals surface area contributed by atoms with Crippen molar-refractivity contribution < 1.29 is 9.53 Å². The largest absolute Gasteiger partial charge is 0.444 e. The molecule has 0 N–H and O–H groups in total. The Bertz CT molecular complexity index is 398. The van der Waals surface area contributed by atoms with Gasteiger partial charge in [0.1, 0.15) is 5.60 Å². The average molecular weight is 322 g/mol. The molecule has 3 aliphatic rings. The normalized spacial score (nSPS) is 29.8. The van der Waals surface area contributed by atoms with E-state index < -0.39 is 0 Å². The molecule has 0 spiro atoms. The lowest BCUT2D eigenvalue weighted by Gasteiger charge is -2.34. The van der Waals surface area contributed by atoms with Crippen LogP contribution in [0.3, 0.4) is 0 Å². The highest BCUT2D eigenvalue weighted by Gasteiger charge is 2.36. The fraction of sp³-hybridized carbons (Fsp3) is 0.947. The zero-order valence-corrected chi connectivity index (χ0v) is 15.2. The van der Waals surface area contributed by atoms with Crippen molar-refractivity contribution >= 4 is 6.09 Å². The zero-order valence-electron chi connectivity index (χ0n) is 15.2. The van der Waals surface area contributed by atoms with E-state index in [4.69, 9.17) is 4.74 Å². The topological polar surface area (TPSA) is 32.8 Å². The highest BCUT2D eigenvalue weighted by molar-refractivity contribution is 5.68. The van der Waals surface area contributed by atoms with Gasteiger partial charge in [-0.25, -0.2) is 4.79 Å². The molecule has 1 amide bonds. The van der Waals surface area contributed by atoms with Gasteiger partial charge in [0.2, 0.25) is 0 Å². The highest BCUT2D eigenvalue weighted by Crippen LogP contribution is 2.38. The van der Waals surface area contributed by atoms with Crippen molar-refractivity contribution in [3.63, 3.8) is 0 Å². The van der Waals surface area contributed by atoms with Crippen LogP contribution in [0.2, 0.25) is 0 Å². The Morgan fingerprint density at radius 1 is 1.04 bits per heavy atom. The van der Waals surface area contributed by atoms with Gasteiger partial charge in [0.15, 0.2) is 0 Å². The van der Waals surface area contributed by atoms with Crippen molar-refractivity contribution in [2.75, 3.05) is 32.7 Å². The number of nitrogens with zero attached hydrogens (tertiary/aromatic N) is 2. The van der Waals surface area contributed by atoms with Crippen LogP contribution in [0.15, 0.2) is 0 Å². The molecule has 4 nitrogen and oxygen atoms in total. The highest BCUT2D eigenvalue weighted by atomic mass is 16.6. The van der Waals surface area contributed by atoms with E-state index in [0.29, 0.717) is 0 Å². The molecule has 2 unspecified atom stereocenters. The molecular weight excluding hydrogens is 288 g/mol. The van der Waals surface area contributed by atoms with E-state index in [2.05, 4.69) is 4.90 Å². The van der Waals surface area contributed by atoms with Gasteiger partial charge in [-0.2, -0.15) is 0 Å². The van der Waals surface area contributed by atoms with Gasteiger partial charge < -0.3 is 14.5 Å². The SMILES string of the molecule is CC(C)(C)OC(=O)N1CCC(CCN2CC3CCCC3C2)CC1. The molecule has 0 bridgehead atoms. The fourth-order valence-corrected chi connectivity index (χ4v) is 4.61. The summed E-state index contributed by atoms with van der Waals surface area (Å²) in [6.45, 7) is 11.5. The summed E-state index contributed by atoms with van der Waals surface area (Å²) >= 11 is 0. The molecule has 3 rings (SSSR count). The van der Waals surface area contributed by atoms with E-state index in [1.807, 2.05) is 25.7 Å². The Labute approximate surface area is 141 Å². The lowest BCUT2D eigenvalue weighted by atomic mass is 9.93. The maximum Gasteiger partial charge on any atom is 0.410 e. The van der Waals surface area contributed by atoms with Crippen molar-refractivity contribution in [2.45, 2.75) is 64.9 Å². The predicted molar refractivity (Wildman–Crippen MR) is 92.4 cm³/mol. The molecule has 0 aromatic rings. The smallest absolute Gasteiger partial charge is 0.410 e. The summed E-state index contributed by atoms with van der Waals surface area (Å²) < 4.78 is 5.47. The van der Waals surface area contributed by atoms with Gasteiger partial charge in [0.05, 0.1) is 0 Å². The first-order valence-electron chi connectivity index (χ1n) is 9.61. The number of ether oxygens (including phenoxy) is 1. The fourth-order valence-electron chi connectivity index (χ4n) is 4.61. The van der Waals surface area contributed by atoms with Crippen molar-refractivity contribution in [1.82, 2.24) is 9.80 Å². The number of amides is 1. The second-order valence-electron chi connectivity index (χ2n) is 8.91. The van der Waals surface area contributed by atoms with Crippen LogP contribution in [0.5, 0.6) is 0 Å². The summed E-state index contributed by atoms with van der Waals surface area (Å²) in [6, 6.07) is 0. The van der Waals surface area contributed by atoms with E-state index in [1.54, 1.807) is 0 Å². The monoisotopic (exact) mass is 322 g/mol. The predicted octanol–water partition coefficient (Wildman–Crippen LogP) is 3.76. The summed E-state index contributed by atoms with van der Waals surface area (Å²) in [4.78, 5) is 16.7. The Morgan fingerprint density at radius 2 is 1.65 bits per heavy atom. The number of carbonyl (C=O) groups is 1. The summed E-state index contributed by atoms with van der Waals surface area (Å²) in [6.07, 6.45) is 7.85. The summed E-state index contributed by atoms with van der Waals surface area (Å²) in [5.74, 6) is 2.79. The van der Waals surface area contributed by atoms with Crippen molar-refractivity contribution in [2.24, 2.45) is 17.8 Å². The molecule has 4 heteroatoms. The van der Waals surface area contributed by atoms with Gasteiger partial charge in [-0.15, -0.1) is 0 Å². The van der Waals surface area contributed by atoms with Gasteiger partial charge in [0.25, 0.3) is 0 Å². The molecule has 0 aromatic carbocycles. The minimum absolute atomic E-state index is 0.136. The van der Waals surface area contributed by atoms with E-state index in [-0.39, 0.29) is 11.7 Å². The van der Waals surface area contributed by atoms with Gasteiger partial charge in [0, 0.05) is 26.2 Å². The quantitative estimate of drug-likeness (QED) is 0.793. The van der Waals surface area contributed by atoms with Gasteiger partial charge in [-0.05, 0) is 77.2 Å². The third-order valence-electron chi connectivity index (χ3n) is 5.92. The molecule has 0 radical (unpaired) electrons. The first kappa shape index (κ1) is 17.1. The first-order chi connectivity index (χ1) is 10.9. The lowest BCUT2D eigenvalue weighted by Crippen LogP contribution is -2.42. The molecule has 132 valence electrons. The summed E-state index contributed by atoms with van der Waals surface area (Å²) in [5.41, 5.74) is -0.387. The number of likely N-dealkylation sites (tertiary alicyclic amines) is 2. The average Bonchev–Trinajstić information content (AvgIpc) is 3.04. The number of piperidine rings is 1. The first-order valence-corrected chi connectivity index (χ1v) is 9.61. The van der Waals surface area contributed by atoms with E-state index in [9.17, 15) is 4.79 Å². The van der Waals surface area contributed by atoms with Crippen LogP contribution < -0.4 is 0 Å². The summed E-state index contributed by atoms with van der Waals surface area (Å²) in [5, 5.41) is 0. The molecule has 3 fully saturated rings. The second kappa shape index (κ2) is 7.00. The molecule has 2 atom stereocenters. The standard InChI is InChI=1S/C19H34N2O2/c1-19(2,3)23-18(22)21-11-8-15(9-12-21)7-10-20-13-16-5-4-6-17(16)14-20/h15-17H,4-14H2,1-3H3. The number of hydrogen-bond acceptors (Lipinski definition) is 3. The van der Waals surface area contributed by atoms with Crippen LogP contribution >= 0.6 is 0 Å². The van der Waals surface area contributed by atoms with Crippen LogP contribution in [0.4, 0.5) is 4.79 Å². The van der Waals surface area contributed by atoms with Gasteiger partial charge >= 0.3 is 6.09 Å². The summed E-state index contributed by atoms with van der Waals surface area (Å²) in [7, 11) is 0. The third kappa shape index (κ3) is 4.62. The number of hydrogen-bond donors (Lipinski definition) is 0. The minimum atomic E-state index is -0.387. The van der Waals surface area contributed by atoms with Crippen molar-refractivity contribution in [3.05, 3.63) is 0 Å².